The molecule has 5 rings (SSSR count). The van der Waals surface area contributed by atoms with E-state index in [2.05, 4.69) is 15.3 Å². The van der Waals surface area contributed by atoms with Gasteiger partial charge in [-0.15, -0.1) is 11.3 Å². The summed E-state index contributed by atoms with van der Waals surface area (Å²) in [6.45, 7) is 1.87. The van der Waals surface area contributed by atoms with Gasteiger partial charge < -0.3 is 4.74 Å². The number of aryl methyl sites for hydroxylation is 1. The number of rotatable bonds is 5. The van der Waals surface area contributed by atoms with E-state index in [1.165, 1.54) is 23.5 Å². The Morgan fingerprint density at radius 3 is 2.71 bits per heavy atom. The number of aldehydes is 1. The highest BCUT2D eigenvalue weighted by Gasteiger charge is 2.23. The Labute approximate surface area is 178 Å². The number of carbonyl (C=O) groups excluding carboxylic acids is 1. The van der Waals surface area contributed by atoms with Crippen molar-refractivity contribution < 1.29 is 19.1 Å². The van der Waals surface area contributed by atoms with E-state index in [9.17, 15) is 14.9 Å². The van der Waals surface area contributed by atoms with Crippen molar-refractivity contribution in [3.05, 3.63) is 69.8 Å². The second kappa shape index (κ2) is 7.26. The Hall–Kier alpha value is -4.18. The Morgan fingerprint density at radius 2 is 1.94 bits per heavy atom. The van der Waals surface area contributed by atoms with Crippen LogP contribution in [0.25, 0.3) is 31.8 Å². The van der Waals surface area contributed by atoms with Crippen LogP contribution in [0.15, 0.2) is 53.2 Å². The van der Waals surface area contributed by atoms with E-state index in [4.69, 9.17) is 9.37 Å². The fraction of sp³-hybridized carbons (Fsp3) is 0.0476. The third-order valence-corrected chi connectivity index (χ3v) is 5.75. The molecular weight excluding hydrogens is 420 g/mol. The number of benzene rings is 3. The van der Waals surface area contributed by atoms with Crippen LogP contribution in [-0.2, 0) is 0 Å². The highest BCUT2D eigenvalue weighted by atomic mass is 32.1. The van der Waals surface area contributed by atoms with Crippen LogP contribution < -0.4 is 4.74 Å². The minimum Gasteiger partial charge on any atom is -0.453 e. The average molecular weight is 432 g/mol. The molecule has 0 saturated heterocycles. The number of carbonyl (C=O) groups is 1. The molecule has 0 aliphatic carbocycles. The number of para-hydroxylation sites is 1. The van der Waals surface area contributed by atoms with Crippen molar-refractivity contribution in [2.24, 2.45) is 0 Å². The Kier molecular flexibility index (Phi) is 4.41. The predicted molar refractivity (Wildman–Crippen MR) is 114 cm³/mol. The van der Waals surface area contributed by atoms with Gasteiger partial charge in [0.1, 0.15) is 10.8 Å². The summed E-state index contributed by atoms with van der Waals surface area (Å²) in [5.74, 6) is 0.453. The molecule has 5 aromatic rings. The Morgan fingerprint density at radius 1 is 1.13 bits per heavy atom. The smallest absolute Gasteiger partial charge is 0.301 e. The number of nitro groups is 1. The molecule has 9 nitrogen and oxygen atoms in total. The van der Waals surface area contributed by atoms with Gasteiger partial charge in [0.15, 0.2) is 17.6 Å². The largest absolute Gasteiger partial charge is 0.453 e. The number of hydrogen-bond acceptors (Lipinski definition) is 9. The quantitative estimate of drug-likeness (QED) is 0.208. The molecule has 2 aromatic heterocycles. The molecule has 0 N–H and O–H groups in total. The molecule has 2 heterocycles. The molecule has 0 aliphatic heterocycles. The lowest BCUT2D eigenvalue weighted by Crippen LogP contribution is -1.97. The molecule has 0 atom stereocenters. The first-order valence-corrected chi connectivity index (χ1v) is 9.90. The molecule has 0 fully saturated rings. The van der Waals surface area contributed by atoms with Gasteiger partial charge in [0.25, 0.3) is 0 Å². The summed E-state index contributed by atoms with van der Waals surface area (Å²) >= 11 is 1.47. The fourth-order valence-electron chi connectivity index (χ4n) is 3.32. The molecule has 0 aliphatic rings. The number of aromatic nitrogens is 3. The molecule has 0 spiro atoms. The van der Waals surface area contributed by atoms with Crippen LogP contribution in [0.4, 0.5) is 5.69 Å². The highest BCUT2D eigenvalue weighted by Crippen LogP contribution is 2.42. The summed E-state index contributed by atoms with van der Waals surface area (Å²) in [6, 6.07) is 13.9. The number of ether oxygens (including phenoxy) is 1. The molecule has 0 bridgehead atoms. The number of thiazole rings is 1. The van der Waals surface area contributed by atoms with E-state index in [1.807, 2.05) is 37.3 Å². The predicted octanol–water partition coefficient (Wildman–Crippen LogP) is 5.32. The maximum atomic E-state index is 11.8. The number of nitro benzene ring substituents is 1. The van der Waals surface area contributed by atoms with Gasteiger partial charge in [-0.1, -0.05) is 12.1 Å². The van der Waals surface area contributed by atoms with Crippen LogP contribution in [0.1, 0.15) is 15.9 Å². The maximum Gasteiger partial charge on any atom is 0.301 e. The van der Waals surface area contributed by atoms with Crippen molar-refractivity contribution in [3.63, 3.8) is 0 Å². The van der Waals surface area contributed by atoms with Gasteiger partial charge in [-0.25, -0.2) is 9.61 Å². The number of nitrogens with zero attached hydrogens (tertiary/aromatic N) is 4. The van der Waals surface area contributed by atoms with Gasteiger partial charge in [-0.3, -0.25) is 14.9 Å². The SMILES string of the molecule is Cc1cc(C=O)c(Oc2ccc([N+](=O)[O-])c3nonc23)c(-c2nc3ccccc3s2)c1. The molecule has 3 aromatic carbocycles. The van der Waals surface area contributed by atoms with E-state index < -0.39 is 4.92 Å². The van der Waals surface area contributed by atoms with E-state index in [1.54, 1.807) is 6.07 Å². The molecule has 10 heteroatoms. The summed E-state index contributed by atoms with van der Waals surface area (Å²) in [5.41, 5.74) is 2.44. The lowest BCUT2D eigenvalue weighted by Gasteiger charge is -2.13. The van der Waals surface area contributed by atoms with E-state index in [-0.39, 0.29) is 28.2 Å². The van der Waals surface area contributed by atoms with Crippen molar-refractivity contribution in [1.29, 1.82) is 0 Å². The molecular formula is C21H12N4O5S. The first kappa shape index (κ1) is 18.8. The Balaban J connectivity index is 1.70. The van der Waals surface area contributed by atoms with Crippen LogP contribution in [0.5, 0.6) is 11.5 Å². The summed E-state index contributed by atoms with van der Waals surface area (Å²) in [6.07, 6.45) is 0.697. The van der Waals surface area contributed by atoms with Crippen molar-refractivity contribution in [2.75, 3.05) is 0 Å². The van der Waals surface area contributed by atoms with Crippen LogP contribution in [-0.4, -0.2) is 26.5 Å². The highest BCUT2D eigenvalue weighted by molar-refractivity contribution is 7.21. The van der Waals surface area contributed by atoms with Crippen LogP contribution in [0.3, 0.4) is 0 Å². The normalized spacial score (nSPS) is 11.1. The first-order valence-electron chi connectivity index (χ1n) is 9.08. The van der Waals surface area contributed by atoms with Crippen molar-refractivity contribution in [1.82, 2.24) is 15.3 Å². The zero-order valence-electron chi connectivity index (χ0n) is 15.9. The molecule has 0 radical (unpaired) electrons. The summed E-state index contributed by atoms with van der Waals surface area (Å²) in [5, 5.41) is 19.3. The first-order chi connectivity index (χ1) is 15.0. The molecule has 0 amide bonds. The van der Waals surface area contributed by atoms with Crippen LogP contribution >= 0.6 is 11.3 Å². The van der Waals surface area contributed by atoms with Gasteiger partial charge in [0, 0.05) is 6.07 Å². The number of non-ortho nitro benzene ring substituents is 1. The molecule has 31 heavy (non-hydrogen) atoms. The minimum atomic E-state index is -0.578. The van der Waals surface area contributed by atoms with Crippen LogP contribution in [0, 0.1) is 17.0 Å². The van der Waals surface area contributed by atoms with Gasteiger partial charge in [0.2, 0.25) is 5.52 Å². The summed E-state index contributed by atoms with van der Waals surface area (Å²) in [4.78, 5) is 27.2. The fourth-order valence-corrected chi connectivity index (χ4v) is 4.30. The van der Waals surface area contributed by atoms with Crippen molar-refractivity contribution >= 4 is 44.6 Å². The topological polar surface area (TPSA) is 121 Å². The average Bonchev–Trinajstić information content (AvgIpc) is 3.41. The standard InChI is InChI=1S/C21H12N4O5S/c1-11-8-12(10-26)20(13(9-11)21-22-14-4-2-3-5-17(14)31-21)29-16-7-6-15(25(27)28)18-19(16)24-30-23-18/h2-10H,1H3. The lowest BCUT2D eigenvalue weighted by molar-refractivity contribution is -0.383. The zero-order chi connectivity index (χ0) is 21.5. The van der Waals surface area contributed by atoms with Crippen molar-refractivity contribution in [3.8, 4) is 22.1 Å². The third-order valence-electron chi connectivity index (χ3n) is 4.68. The monoisotopic (exact) mass is 432 g/mol. The summed E-state index contributed by atoms with van der Waals surface area (Å²) < 4.78 is 11.8. The van der Waals surface area contributed by atoms with E-state index in [0.717, 1.165) is 15.8 Å². The number of fused-ring (bicyclic) bond motifs is 2. The number of hydrogen-bond donors (Lipinski definition) is 0. The maximum absolute atomic E-state index is 11.8. The molecule has 0 saturated carbocycles. The van der Waals surface area contributed by atoms with E-state index >= 15 is 0 Å². The van der Waals surface area contributed by atoms with Crippen LogP contribution in [0.2, 0.25) is 0 Å². The lowest BCUT2D eigenvalue weighted by atomic mass is 10.1. The van der Waals surface area contributed by atoms with Gasteiger partial charge in [-0.2, -0.15) is 0 Å². The third kappa shape index (κ3) is 3.19. The molecule has 0 unspecified atom stereocenters. The van der Waals surface area contributed by atoms with Gasteiger partial charge >= 0.3 is 5.69 Å². The Bertz CT molecular complexity index is 1460. The second-order valence-corrected chi connectivity index (χ2v) is 7.77. The second-order valence-electron chi connectivity index (χ2n) is 6.74. The molecule has 152 valence electrons. The zero-order valence-corrected chi connectivity index (χ0v) is 16.8. The van der Waals surface area contributed by atoms with Crippen molar-refractivity contribution in [2.45, 2.75) is 6.92 Å². The minimum absolute atomic E-state index is 0.0381. The van der Waals surface area contributed by atoms with E-state index in [0.29, 0.717) is 22.4 Å². The summed E-state index contributed by atoms with van der Waals surface area (Å²) in [7, 11) is 0. The van der Waals surface area contributed by atoms with Gasteiger partial charge in [0.05, 0.1) is 26.3 Å². The van der Waals surface area contributed by atoms with Gasteiger partial charge in [-0.05, 0) is 53.1 Å².